The van der Waals surface area contributed by atoms with Gasteiger partial charge in [-0.15, -0.1) is 0 Å². The number of phenolic OH excluding ortho intramolecular Hbond substituents is 1. The SMILES string of the molecule is COC(=O)/C=C(/C)Nc1cc(C)c(O)cc1C(C)C. The Kier molecular flexibility index (Phi) is 4.98. The highest BCUT2D eigenvalue weighted by molar-refractivity contribution is 5.83. The van der Waals surface area contributed by atoms with Crippen molar-refractivity contribution in [3.8, 4) is 5.75 Å². The average molecular weight is 263 g/mol. The van der Waals surface area contributed by atoms with E-state index in [-0.39, 0.29) is 11.7 Å². The molecule has 4 heteroatoms. The summed E-state index contributed by atoms with van der Waals surface area (Å²) in [5.41, 5.74) is 3.38. The zero-order valence-electron chi connectivity index (χ0n) is 12.1. The monoisotopic (exact) mass is 263 g/mol. The summed E-state index contributed by atoms with van der Waals surface area (Å²) in [6.45, 7) is 7.73. The second-order valence-corrected chi connectivity index (χ2v) is 4.86. The first-order valence-corrected chi connectivity index (χ1v) is 6.22. The lowest BCUT2D eigenvalue weighted by Crippen LogP contribution is -2.05. The van der Waals surface area contributed by atoms with Crippen molar-refractivity contribution >= 4 is 11.7 Å². The maximum atomic E-state index is 11.2. The fourth-order valence-corrected chi connectivity index (χ4v) is 1.78. The molecule has 0 heterocycles. The molecular weight excluding hydrogens is 242 g/mol. The van der Waals surface area contributed by atoms with E-state index in [0.29, 0.717) is 5.70 Å². The lowest BCUT2D eigenvalue weighted by atomic mass is 9.98. The molecule has 1 aromatic carbocycles. The highest BCUT2D eigenvalue weighted by Crippen LogP contribution is 2.31. The predicted molar refractivity (Wildman–Crippen MR) is 76.3 cm³/mol. The molecule has 0 spiro atoms. The molecule has 0 saturated carbocycles. The molecule has 0 bridgehead atoms. The molecule has 0 atom stereocenters. The van der Waals surface area contributed by atoms with E-state index in [1.54, 1.807) is 13.0 Å². The van der Waals surface area contributed by atoms with Crippen molar-refractivity contribution in [3.63, 3.8) is 0 Å². The molecule has 0 saturated heterocycles. The summed E-state index contributed by atoms with van der Waals surface area (Å²) in [4.78, 5) is 11.2. The van der Waals surface area contributed by atoms with E-state index >= 15 is 0 Å². The molecule has 0 aliphatic heterocycles. The Morgan fingerprint density at radius 2 is 2.05 bits per heavy atom. The highest BCUT2D eigenvalue weighted by atomic mass is 16.5. The van der Waals surface area contributed by atoms with E-state index < -0.39 is 5.97 Å². The second kappa shape index (κ2) is 6.27. The van der Waals surface area contributed by atoms with Crippen LogP contribution in [0.2, 0.25) is 0 Å². The number of ether oxygens (including phenoxy) is 1. The molecule has 0 unspecified atom stereocenters. The molecule has 1 aromatic rings. The molecule has 0 aliphatic rings. The van der Waals surface area contributed by atoms with Gasteiger partial charge in [0.1, 0.15) is 5.75 Å². The van der Waals surface area contributed by atoms with Gasteiger partial charge < -0.3 is 15.2 Å². The van der Waals surface area contributed by atoms with Gasteiger partial charge in [-0.1, -0.05) is 13.8 Å². The van der Waals surface area contributed by atoms with E-state index in [4.69, 9.17) is 0 Å². The number of hydrogen-bond donors (Lipinski definition) is 2. The van der Waals surface area contributed by atoms with Crippen LogP contribution in [0.4, 0.5) is 5.69 Å². The number of anilines is 1. The van der Waals surface area contributed by atoms with Crippen LogP contribution in [0.25, 0.3) is 0 Å². The van der Waals surface area contributed by atoms with Crippen molar-refractivity contribution in [1.82, 2.24) is 0 Å². The molecule has 104 valence electrons. The van der Waals surface area contributed by atoms with Crippen LogP contribution in [0, 0.1) is 6.92 Å². The molecule has 2 N–H and O–H groups in total. The average Bonchev–Trinajstić information content (AvgIpc) is 2.32. The quantitative estimate of drug-likeness (QED) is 0.497. The fraction of sp³-hybridized carbons (Fsp3) is 0.400. The summed E-state index contributed by atoms with van der Waals surface area (Å²) in [6.07, 6.45) is 1.40. The Hall–Kier alpha value is -1.97. The number of aromatic hydroxyl groups is 1. The summed E-state index contributed by atoms with van der Waals surface area (Å²) < 4.78 is 4.58. The number of methoxy groups -OCH3 is 1. The van der Waals surface area contributed by atoms with Gasteiger partial charge in [-0.2, -0.15) is 0 Å². The predicted octanol–water partition coefficient (Wildman–Crippen LogP) is 3.31. The maximum absolute atomic E-state index is 11.2. The van der Waals surface area contributed by atoms with Gasteiger partial charge >= 0.3 is 5.97 Å². The largest absolute Gasteiger partial charge is 0.508 e. The molecule has 0 radical (unpaired) electrons. The van der Waals surface area contributed by atoms with Crippen LogP contribution in [0.3, 0.4) is 0 Å². The number of hydrogen-bond acceptors (Lipinski definition) is 4. The summed E-state index contributed by atoms with van der Waals surface area (Å²) >= 11 is 0. The summed E-state index contributed by atoms with van der Waals surface area (Å²) in [5.74, 6) is 0.148. The molecular formula is C15H21NO3. The summed E-state index contributed by atoms with van der Waals surface area (Å²) in [6, 6.07) is 3.63. The number of allylic oxidation sites excluding steroid dienone is 1. The van der Waals surface area contributed by atoms with Crippen LogP contribution in [0.15, 0.2) is 23.9 Å². The van der Waals surface area contributed by atoms with E-state index in [9.17, 15) is 9.90 Å². The van der Waals surface area contributed by atoms with E-state index in [1.807, 2.05) is 13.0 Å². The first kappa shape index (κ1) is 15.1. The summed E-state index contributed by atoms with van der Waals surface area (Å²) in [7, 11) is 1.34. The number of benzene rings is 1. The Morgan fingerprint density at radius 3 is 2.58 bits per heavy atom. The number of carbonyl (C=O) groups excluding carboxylic acids is 1. The fourth-order valence-electron chi connectivity index (χ4n) is 1.78. The van der Waals surface area contributed by atoms with Crippen LogP contribution >= 0.6 is 0 Å². The normalized spacial score (nSPS) is 11.6. The van der Waals surface area contributed by atoms with Crippen LogP contribution in [0.5, 0.6) is 5.75 Å². The van der Waals surface area contributed by atoms with E-state index in [1.165, 1.54) is 13.2 Å². The number of aryl methyl sites for hydroxylation is 1. The molecule has 0 amide bonds. The van der Waals surface area contributed by atoms with Gasteiger partial charge in [0.2, 0.25) is 0 Å². The van der Waals surface area contributed by atoms with Gasteiger partial charge in [0.15, 0.2) is 0 Å². The number of carbonyl (C=O) groups is 1. The molecule has 4 nitrogen and oxygen atoms in total. The van der Waals surface area contributed by atoms with Gasteiger partial charge in [0, 0.05) is 17.5 Å². The van der Waals surface area contributed by atoms with Crippen LogP contribution in [-0.2, 0) is 9.53 Å². The van der Waals surface area contributed by atoms with Crippen LogP contribution in [-0.4, -0.2) is 18.2 Å². The molecule has 0 fully saturated rings. The van der Waals surface area contributed by atoms with Crippen molar-refractivity contribution in [2.24, 2.45) is 0 Å². The van der Waals surface area contributed by atoms with Crippen molar-refractivity contribution in [3.05, 3.63) is 35.0 Å². The standard InChI is InChI=1S/C15H21NO3/c1-9(2)12-8-14(17)10(3)6-13(12)16-11(4)7-15(18)19-5/h6-9,16-17H,1-5H3/b11-7-. The zero-order valence-corrected chi connectivity index (χ0v) is 12.1. The molecule has 0 aromatic heterocycles. The van der Waals surface area contributed by atoms with Gasteiger partial charge in [-0.25, -0.2) is 4.79 Å². The Morgan fingerprint density at radius 1 is 1.42 bits per heavy atom. The van der Waals surface area contributed by atoms with Gasteiger partial charge in [-0.05, 0) is 43.0 Å². The second-order valence-electron chi connectivity index (χ2n) is 4.86. The lowest BCUT2D eigenvalue weighted by molar-refractivity contribution is -0.134. The van der Waals surface area contributed by atoms with Crippen LogP contribution in [0.1, 0.15) is 37.8 Å². The van der Waals surface area contributed by atoms with E-state index in [0.717, 1.165) is 16.8 Å². The van der Waals surface area contributed by atoms with E-state index in [2.05, 4.69) is 23.9 Å². The smallest absolute Gasteiger partial charge is 0.332 e. The minimum Gasteiger partial charge on any atom is -0.508 e. The lowest BCUT2D eigenvalue weighted by Gasteiger charge is -2.16. The first-order valence-electron chi connectivity index (χ1n) is 6.22. The summed E-state index contributed by atoms with van der Waals surface area (Å²) in [5, 5.41) is 12.9. The number of nitrogens with one attached hydrogen (secondary N) is 1. The number of esters is 1. The van der Waals surface area contributed by atoms with Gasteiger partial charge in [0.05, 0.1) is 7.11 Å². The number of phenols is 1. The minimum atomic E-state index is -0.397. The third-order valence-corrected chi connectivity index (χ3v) is 2.86. The van der Waals surface area contributed by atoms with Gasteiger partial charge in [-0.3, -0.25) is 0 Å². The molecule has 1 rings (SSSR count). The third kappa shape index (κ3) is 4.02. The third-order valence-electron chi connectivity index (χ3n) is 2.86. The molecule has 19 heavy (non-hydrogen) atoms. The van der Waals surface area contributed by atoms with Crippen molar-refractivity contribution in [1.29, 1.82) is 0 Å². The van der Waals surface area contributed by atoms with Gasteiger partial charge in [0.25, 0.3) is 0 Å². The van der Waals surface area contributed by atoms with Crippen molar-refractivity contribution in [2.75, 3.05) is 12.4 Å². The van der Waals surface area contributed by atoms with Crippen LogP contribution < -0.4 is 5.32 Å². The Bertz CT molecular complexity index is 504. The Labute approximate surface area is 114 Å². The molecule has 0 aliphatic carbocycles. The topological polar surface area (TPSA) is 58.6 Å². The van der Waals surface area contributed by atoms with Crippen molar-refractivity contribution < 1.29 is 14.6 Å². The highest BCUT2D eigenvalue weighted by Gasteiger charge is 2.10. The Balaban J connectivity index is 3.09. The zero-order chi connectivity index (χ0) is 14.6. The first-order chi connectivity index (χ1) is 8.85. The maximum Gasteiger partial charge on any atom is 0.332 e. The number of rotatable bonds is 4. The van der Waals surface area contributed by atoms with Crippen molar-refractivity contribution in [2.45, 2.75) is 33.6 Å². The minimum absolute atomic E-state index is 0.264.